The van der Waals surface area contributed by atoms with Gasteiger partial charge in [0.05, 0.1) is 5.57 Å². The highest BCUT2D eigenvalue weighted by atomic mass is 35.5. The predicted molar refractivity (Wildman–Crippen MR) is 56.7 cm³/mol. The molecule has 0 saturated heterocycles. The van der Waals surface area contributed by atoms with E-state index >= 15 is 0 Å². The van der Waals surface area contributed by atoms with E-state index in [2.05, 4.69) is 0 Å². The Morgan fingerprint density at radius 2 is 2.07 bits per heavy atom. The maximum Gasteiger partial charge on any atom is 0.198 e. The molecule has 0 spiro atoms. The number of ether oxygens (including phenoxy) is 1. The quantitative estimate of drug-likeness (QED) is 0.791. The third-order valence-electron chi connectivity index (χ3n) is 2.33. The number of nitriles is 1. The van der Waals surface area contributed by atoms with Crippen molar-refractivity contribution >= 4 is 11.6 Å². The van der Waals surface area contributed by atoms with Crippen LogP contribution in [0.3, 0.4) is 0 Å². The Balaban J connectivity index is 2.18. The molecule has 0 aliphatic carbocycles. The van der Waals surface area contributed by atoms with Gasteiger partial charge in [0.1, 0.15) is 12.2 Å². The average molecular weight is 221 g/mol. The second kappa shape index (κ2) is 3.84. The summed E-state index contributed by atoms with van der Waals surface area (Å²) in [5, 5.41) is 9.44. The molecule has 2 N–H and O–H groups in total. The topological polar surface area (TPSA) is 59.0 Å². The van der Waals surface area contributed by atoms with E-state index < -0.39 is 0 Å². The molecule has 2 rings (SSSR count). The van der Waals surface area contributed by atoms with Crippen LogP contribution in [-0.2, 0) is 4.74 Å². The Kier molecular flexibility index (Phi) is 2.53. The zero-order valence-electron chi connectivity index (χ0n) is 7.90. The fourth-order valence-corrected chi connectivity index (χ4v) is 1.64. The van der Waals surface area contributed by atoms with Gasteiger partial charge in [-0.2, -0.15) is 5.26 Å². The molecule has 1 atom stereocenters. The second-order valence-corrected chi connectivity index (χ2v) is 3.75. The molecule has 0 fully saturated rings. The minimum Gasteiger partial charge on any atom is -0.470 e. The highest BCUT2D eigenvalue weighted by molar-refractivity contribution is 6.30. The number of hydrogen-bond acceptors (Lipinski definition) is 3. The lowest BCUT2D eigenvalue weighted by molar-refractivity contribution is 0.143. The maximum absolute atomic E-state index is 8.76. The van der Waals surface area contributed by atoms with Gasteiger partial charge in [0.15, 0.2) is 5.88 Å². The van der Waals surface area contributed by atoms with Gasteiger partial charge >= 0.3 is 0 Å². The van der Waals surface area contributed by atoms with Gasteiger partial charge < -0.3 is 10.5 Å². The molecule has 15 heavy (non-hydrogen) atoms. The molecule has 1 aliphatic rings. The molecule has 1 aromatic carbocycles. The van der Waals surface area contributed by atoms with Crippen molar-refractivity contribution in [3.8, 4) is 6.07 Å². The Hall–Kier alpha value is -1.66. The van der Waals surface area contributed by atoms with Gasteiger partial charge in [0.25, 0.3) is 0 Å². The molecular weight excluding hydrogens is 212 g/mol. The van der Waals surface area contributed by atoms with E-state index in [0.717, 1.165) is 5.56 Å². The Morgan fingerprint density at radius 1 is 1.40 bits per heavy atom. The molecular formula is C11H9ClN2O. The van der Waals surface area contributed by atoms with Crippen molar-refractivity contribution in [1.29, 1.82) is 5.26 Å². The molecule has 1 aliphatic heterocycles. The third-order valence-corrected chi connectivity index (χ3v) is 2.58. The van der Waals surface area contributed by atoms with Gasteiger partial charge in [-0.25, -0.2) is 0 Å². The standard InChI is InChI=1S/C11H9ClN2O/c12-9-3-1-7(2-4-9)10-5-8(6-13)11(14)15-10/h1-4,10H,5,14H2. The zero-order valence-corrected chi connectivity index (χ0v) is 8.66. The molecule has 1 heterocycles. The fourth-order valence-electron chi connectivity index (χ4n) is 1.52. The van der Waals surface area contributed by atoms with E-state index in [1.807, 2.05) is 18.2 Å². The van der Waals surface area contributed by atoms with Crippen LogP contribution in [0, 0.1) is 11.3 Å². The van der Waals surface area contributed by atoms with Gasteiger partial charge in [-0.05, 0) is 17.7 Å². The summed E-state index contributed by atoms with van der Waals surface area (Å²) in [4.78, 5) is 0. The Bertz CT molecular complexity index is 445. The van der Waals surface area contributed by atoms with Crippen LogP contribution in [0.2, 0.25) is 5.02 Å². The summed E-state index contributed by atoms with van der Waals surface area (Å²) >= 11 is 5.77. The molecule has 0 bridgehead atoms. The van der Waals surface area contributed by atoms with E-state index in [-0.39, 0.29) is 12.0 Å². The molecule has 1 aromatic rings. The summed E-state index contributed by atoms with van der Waals surface area (Å²) in [5.74, 6) is 0.234. The number of halogens is 1. The van der Waals surface area contributed by atoms with E-state index in [0.29, 0.717) is 17.0 Å². The molecule has 0 radical (unpaired) electrons. The Labute approximate surface area is 92.7 Å². The Morgan fingerprint density at radius 3 is 2.60 bits per heavy atom. The minimum atomic E-state index is -0.156. The number of nitrogens with two attached hydrogens (primary N) is 1. The van der Waals surface area contributed by atoms with E-state index in [1.165, 1.54) is 0 Å². The van der Waals surface area contributed by atoms with Crippen LogP contribution in [0.15, 0.2) is 35.7 Å². The first kappa shape index (κ1) is 9.88. The minimum absolute atomic E-state index is 0.156. The van der Waals surface area contributed by atoms with Crippen molar-refractivity contribution in [2.24, 2.45) is 5.73 Å². The summed E-state index contributed by atoms with van der Waals surface area (Å²) in [5.41, 5.74) is 7.04. The molecule has 0 amide bonds. The van der Waals surface area contributed by atoms with Crippen LogP contribution in [0.5, 0.6) is 0 Å². The number of benzene rings is 1. The summed E-state index contributed by atoms with van der Waals surface area (Å²) in [6, 6.07) is 9.36. The maximum atomic E-state index is 8.76. The lowest BCUT2D eigenvalue weighted by atomic mass is 10.0. The van der Waals surface area contributed by atoms with Crippen molar-refractivity contribution in [2.75, 3.05) is 0 Å². The number of nitrogens with zero attached hydrogens (tertiary/aromatic N) is 1. The van der Waals surface area contributed by atoms with Crippen LogP contribution in [-0.4, -0.2) is 0 Å². The lowest BCUT2D eigenvalue weighted by Crippen LogP contribution is -2.01. The second-order valence-electron chi connectivity index (χ2n) is 3.32. The highest BCUT2D eigenvalue weighted by Crippen LogP contribution is 2.33. The molecule has 76 valence electrons. The molecule has 0 saturated carbocycles. The van der Waals surface area contributed by atoms with Crippen molar-refractivity contribution in [2.45, 2.75) is 12.5 Å². The molecule has 3 nitrogen and oxygen atoms in total. The van der Waals surface area contributed by atoms with E-state index in [1.54, 1.807) is 12.1 Å². The van der Waals surface area contributed by atoms with Crippen LogP contribution in [0.4, 0.5) is 0 Å². The largest absolute Gasteiger partial charge is 0.470 e. The van der Waals surface area contributed by atoms with Gasteiger partial charge in [-0.3, -0.25) is 0 Å². The summed E-state index contributed by atoms with van der Waals surface area (Å²) in [6.45, 7) is 0. The first-order chi connectivity index (χ1) is 7.20. The molecule has 0 aromatic heterocycles. The first-order valence-corrected chi connectivity index (χ1v) is 4.89. The number of rotatable bonds is 1. The molecule has 1 unspecified atom stereocenters. The molecule has 4 heteroatoms. The predicted octanol–water partition coefficient (Wildman–Crippen LogP) is 2.50. The van der Waals surface area contributed by atoms with E-state index in [4.69, 9.17) is 27.3 Å². The summed E-state index contributed by atoms with van der Waals surface area (Å²) in [7, 11) is 0. The summed E-state index contributed by atoms with van der Waals surface area (Å²) in [6.07, 6.45) is 0.376. The summed E-state index contributed by atoms with van der Waals surface area (Å²) < 4.78 is 5.38. The van der Waals surface area contributed by atoms with Crippen molar-refractivity contribution in [3.63, 3.8) is 0 Å². The first-order valence-electron chi connectivity index (χ1n) is 4.51. The van der Waals surface area contributed by atoms with Crippen molar-refractivity contribution in [1.82, 2.24) is 0 Å². The van der Waals surface area contributed by atoms with Crippen LogP contribution in [0.25, 0.3) is 0 Å². The fraction of sp³-hybridized carbons (Fsp3) is 0.182. The average Bonchev–Trinajstić information content (AvgIpc) is 2.61. The number of hydrogen-bond donors (Lipinski definition) is 1. The normalized spacial score (nSPS) is 19.9. The van der Waals surface area contributed by atoms with Gasteiger partial charge in [0, 0.05) is 11.4 Å². The zero-order chi connectivity index (χ0) is 10.8. The highest BCUT2D eigenvalue weighted by Gasteiger charge is 2.25. The van der Waals surface area contributed by atoms with Crippen LogP contribution >= 0.6 is 11.6 Å². The van der Waals surface area contributed by atoms with E-state index in [9.17, 15) is 0 Å². The van der Waals surface area contributed by atoms with Gasteiger partial charge in [-0.15, -0.1) is 0 Å². The smallest absolute Gasteiger partial charge is 0.198 e. The van der Waals surface area contributed by atoms with Gasteiger partial charge in [0.2, 0.25) is 0 Å². The van der Waals surface area contributed by atoms with Gasteiger partial charge in [-0.1, -0.05) is 23.7 Å². The van der Waals surface area contributed by atoms with Crippen LogP contribution < -0.4 is 5.73 Å². The van der Waals surface area contributed by atoms with Crippen molar-refractivity contribution in [3.05, 3.63) is 46.3 Å². The third kappa shape index (κ3) is 1.90. The monoisotopic (exact) mass is 220 g/mol. The van der Waals surface area contributed by atoms with Crippen molar-refractivity contribution < 1.29 is 4.74 Å². The van der Waals surface area contributed by atoms with Crippen LogP contribution in [0.1, 0.15) is 18.1 Å². The lowest BCUT2D eigenvalue weighted by Gasteiger charge is -2.11. The SMILES string of the molecule is N#CC1=C(N)OC(c2ccc(Cl)cc2)C1.